The molecule has 1 heterocycles. The standard InChI is InChI=1S/C13H24N2O2/c1-2-3-8-17-12(16)15-6-4-13(5-7-15)9-11(14)10-13/h11H,2-10,14H2,1H3. The molecule has 1 saturated heterocycles. The number of nitrogens with two attached hydrogens (primary N) is 1. The molecule has 2 aliphatic rings. The molecule has 0 unspecified atom stereocenters. The van der Waals surface area contributed by atoms with Crippen LogP contribution in [0.2, 0.25) is 0 Å². The van der Waals surface area contributed by atoms with Gasteiger partial charge in [-0.25, -0.2) is 4.79 Å². The van der Waals surface area contributed by atoms with Crippen molar-refractivity contribution >= 4 is 6.09 Å². The van der Waals surface area contributed by atoms with E-state index in [-0.39, 0.29) is 6.09 Å². The van der Waals surface area contributed by atoms with Gasteiger partial charge in [0.1, 0.15) is 0 Å². The number of amides is 1. The predicted molar refractivity (Wildman–Crippen MR) is 66.7 cm³/mol. The van der Waals surface area contributed by atoms with Gasteiger partial charge in [0.2, 0.25) is 0 Å². The lowest BCUT2D eigenvalue weighted by Gasteiger charge is -2.50. The molecule has 2 N–H and O–H groups in total. The van der Waals surface area contributed by atoms with Crippen molar-refractivity contribution in [3.63, 3.8) is 0 Å². The zero-order chi connectivity index (χ0) is 12.3. The largest absolute Gasteiger partial charge is 0.449 e. The lowest BCUT2D eigenvalue weighted by Crippen LogP contribution is -2.53. The van der Waals surface area contributed by atoms with Gasteiger partial charge < -0.3 is 15.4 Å². The van der Waals surface area contributed by atoms with Crippen LogP contribution in [-0.4, -0.2) is 36.7 Å². The maximum atomic E-state index is 11.7. The number of rotatable bonds is 3. The molecule has 0 aromatic rings. The van der Waals surface area contributed by atoms with Crippen molar-refractivity contribution in [1.82, 2.24) is 4.90 Å². The van der Waals surface area contributed by atoms with Gasteiger partial charge in [0, 0.05) is 19.1 Å². The summed E-state index contributed by atoms with van der Waals surface area (Å²) in [5, 5.41) is 0. The highest BCUT2D eigenvalue weighted by molar-refractivity contribution is 5.67. The lowest BCUT2D eigenvalue weighted by molar-refractivity contribution is 0.0136. The summed E-state index contributed by atoms with van der Waals surface area (Å²) in [5.74, 6) is 0. The molecule has 1 aliphatic carbocycles. The van der Waals surface area contributed by atoms with E-state index in [0.717, 1.165) is 51.6 Å². The first-order valence-electron chi connectivity index (χ1n) is 6.82. The van der Waals surface area contributed by atoms with Crippen molar-refractivity contribution < 1.29 is 9.53 Å². The van der Waals surface area contributed by atoms with Crippen molar-refractivity contribution in [1.29, 1.82) is 0 Å². The molecule has 4 nitrogen and oxygen atoms in total. The number of hydrogen-bond donors (Lipinski definition) is 1. The maximum absolute atomic E-state index is 11.7. The van der Waals surface area contributed by atoms with Crippen LogP contribution in [-0.2, 0) is 4.74 Å². The average molecular weight is 240 g/mol. The molecule has 1 aliphatic heterocycles. The molecule has 2 rings (SSSR count). The van der Waals surface area contributed by atoms with Gasteiger partial charge in [-0.2, -0.15) is 0 Å². The molecular weight excluding hydrogens is 216 g/mol. The van der Waals surface area contributed by atoms with E-state index in [9.17, 15) is 4.79 Å². The van der Waals surface area contributed by atoms with E-state index in [0.29, 0.717) is 18.1 Å². The van der Waals surface area contributed by atoms with Gasteiger partial charge >= 0.3 is 6.09 Å². The van der Waals surface area contributed by atoms with Crippen molar-refractivity contribution in [2.75, 3.05) is 19.7 Å². The molecular formula is C13H24N2O2. The highest BCUT2D eigenvalue weighted by Crippen LogP contribution is 2.48. The van der Waals surface area contributed by atoms with Crippen LogP contribution >= 0.6 is 0 Å². The van der Waals surface area contributed by atoms with Crippen molar-refractivity contribution in [2.24, 2.45) is 11.1 Å². The zero-order valence-electron chi connectivity index (χ0n) is 10.8. The summed E-state index contributed by atoms with van der Waals surface area (Å²) in [6.45, 7) is 4.34. The van der Waals surface area contributed by atoms with Gasteiger partial charge in [-0.3, -0.25) is 0 Å². The van der Waals surface area contributed by atoms with Crippen LogP contribution < -0.4 is 5.73 Å². The molecule has 0 radical (unpaired) electrons. The smallest absolute Gasteiger partial charge is 0.409 e. The number of piperidine rings is 1. The van der Waals surface area contributed by atoms with Crippen LogP contribution in [0.5, 0.6) is 0 Å². The Morgan fingerprint density at radius 1 is 1.41 bits per heavy atom. The van der Waals surface area contributed by atoms with E-state index in [2.05, 4.69) is 6.92 Å². The summed E-state index contributed by atoms with van der Waals surface area (Å²) in [5.41, 5.74) is 6.31. The molecule has 17 heavy (non-hydrogen) atoms. The van der Waals surface area contributed by atoms with Crippen LogP contribution in [0.15, 0.2) is 0 Å². The van der Waals surface area contributed by atoms with Crippen LogP contribution in [0.25, 0.3) is 0 Å². The molecule has 0 aromatic carbocycles. The monoisotopic (exact) mass is 240 g/mol. The minimum Gasteiger partial charge on any atom is -0.449 e. The molecule has 0 aromatic heterocycles. The number of carbonyl (C=O) groups excluding carboxylic acids is 1. The van der Waals surface area contributed by atoms with Crippen LogP contribution in [0.4, 0.5) is 4.79 Å². The fourth-order valence-electron chi connectivity index (χ4n) is 3.02. The quantitative estimate of drug-likeness (QED) is 0.769. The second-order valence-electron chi connectivity index (χ2n) is 5.62. The van der Waals surface area contributed by atoms with Gasteiger partial charge in [-0.15, -0.1) is 0 Å². The second kappa shape index (κ2) is 5.25. The number of carbonyl (C=O) groups is 1. The molecule has 1 amide bonds. The predicted octanol–water partition coefficient (Wildman–Crippen LogP) is 2.13. The van der Waals surface area contributed by atoms with Crippen molar-refractivity contribution in [3.05, 3.63) is 0 Å². The topological polar surface area (TPSA) is 55.6 Å². The summed E-state index contributed by atoms with van der Waals surface area (Å²) in [4.78, 5) is 13.6. The number of hydrogen-bond acceptors (Lipinski definition) is 3. The zero-order valence-corrected chi connectivity index (χ0v) is 10.8. The molecule has 2 fully saturated rings. The molecule has 4 heteroatoms. The van der Waals surface area contributed by atoms with Crippen LogP contribution in [0.1, 0.15) is 45.4 Å². The Balaban J connectivity index is 1.69. The van der Waals surface area contributed by atoms with E-state index < -0.39 is 0 Å². The third kappa shape index (κ3) is 2.92. The normalized spacial score (nSPS) is 23.5. The first kappa shape index (κ1) is 12.7. The highest BCUT2D eigenvalue weighted by atomic mass is 16.6. The van der Waals surface area contributed by atoms with Gasteiger partial charge in [0.15, 0.2) is 0 Å². The number of ether oxygens (including phenoxy) is 1. The van der Waals surface area contributed by atoms with E-state index in [1.54, 1.807) is 0 Å². The van der Waals surface area contributed by atoms with Gasteiger partial charge in [-0.1, -0.05) is 13.3 Å². The van der Waals surface area contributed by atoms with Gasteiger partial charge in [0.05, 0.1) is 6.61 Å². The van der Waals surface area contributed by atoms with Crippen molar-refractivity contribution in [2.45, 2.75) is 51.5 Å². The minimum absolute atomic E-state index is 0.128. The second-order valence-corrected chi connectivity index (χ2v) is 5.62. The van der Waals surface area contributed by atoms with Crippen LogP contribution in [0, 0.1) is 5.41 Å². The van der Waals surface area contributed by atoms with Crippen molar-refractivity contribution in [3.8, 4) is 0 Å². The average Bonchev–Trinajstić information content (AvgIpc) is 2.28. The molecule has 98 valence electrons. The van der Waals surface area contributed by atoms with Gasteiger partial charge in [-0.05, 0) is 37.5 Å². The Labute approximate surface area is 103 Å². The van der Waals surface area contributed by atoms with E-state index >= 15 is 0 Å². The minimum atomic E-state index is -0.128. The molecule has 0 bridgehead atoms. The van der Waals surface area contributed by atoms with E-state index in [1.165, 1.54) is 0 Å². The number of likely N-dealkylation sites (tertiary alicyclic amines) is 1. The summed E-state index contributed by atoms with van der Waals surface area (Å²) >= 11 is 0. The highest BCUT2D eigenvalue weighted by Gasteiger charge is 2.44. The van der Waals surface area contributed by atoms with E-state index in [4.69, 9.17) is 10.5 Å². The number of unbranched alkanes of at least 4 members (excludes halogenated alkanes) is 1. The Morgan fingerprint density at radius 2 is 2.06 bits per heavy atom. The molecule has 1 saturated carbocycles. The first-order valence-corrected chi connectivity index (χ1v) is 6.82. The fourth-order valence-corrected chi connectivity index (χ4v) is 3.02. The van der Waals surface area contributed by atoms with E-state index in [1.807, 2.05) is 4.90 Å². The SMILES string of the molecule is CCCCOC(=O)N1CCC2(CC1)CC(N)C2. The molecule has 0 atom stereocenters. The fraction of sp³-hybridized carbons (Fsp3) is 0.923. The summed E-state index contributed by atoms with van der Waals surface area (Å²) in [6.07, 6.45) is 6.38. The summed E-state index contributed by atoms with van der Waals surface area (Å²) in [7, 11) is 0. The Morgan fingerprint density at radius 3 is 2.59 bits per heavy atom. The van der Waals surface area contributed by atoms with Crippen LogP contribution in [0.3, 0.4) is 0 Å². The lowest BCUT2D eigenvalue weighted by atomic mass is 9.61. The maximum Gasteiger partial charge on any atom is 0.409 e. The Hall–Kier alpha value is -0.770. The summed E-state index contributed by atoms with van der Waals surface area (Å²) in [6, 6.07) is 0.401. The third-order valence-corrected chi connectivity index (χ3v) is 4.20. The first-order chi connectivity index (χ1) is 8.15. The van der Waals surface area contributed by atoms with Gasteiger partial charge in [0.25, 0.3) is 0 Å². The Bertz CT molecular complexity index is 265. The number of nitrogens with zero attached hydrogens (tertiary/aromatic N) is 1. The molecule has 1 spiro atoms. The summed E-state index contributed by atoms with van der Waals surface area (Å²) < 4.78 is 5.23. The Kier molecular flexibility index (Phi) is 3.92. The third-order valence-electron chi connectivity index (χ3n) is 4.20.